The molecule has 31 heavy (non-hydrogen) atoms. The summed E-state index contributed by atoms with van der Waals surface area (Å²) in [4.78, 5) is 25.1. The molecule has 1 aromatic heterocycles. The highest BCUT2D eigenvalue weighted by molar-refractivity contribution is 5.93. The second kappa shape index (κ2) is 10.4. The van der Waals surface area contributed by atoms with Crippen LogP contribution in [0.4, 0.5) is 0 Å². The Morgan fingerprint density at radius 3 is 2.32 bits per heavy atom. The Hall–Kier alpha value is -3.61. The molecule has 7 nitrogen and oxygen atoms in total. The van der Waals surface area contributed by atoms with Crippen molar-refractivity contribution in [3.63, 3.8) is 0 Å². The number of esters is 1. The van der Waals surface area contributed by atoms with Crippen LogP contribution in [0.1, 0.15) is 36.3 Å². The standard InChI is InChI=1S/C24H27N3O4/c1-17(14-15-19-10-6-4-7-11-19)25-23(28)18(2)31-24(29)22-21(30-3)16-27(26-22)20-12-8-5-9-13-20/h4-13,16-18H,14-15H2,1-3H3,(H,25,28)/t17-,18-/m1/s1. The molecule has 1 N–H and O–H groups in total. The molecule has 2 aromatic carbocycles. The smallest absolute Gasteiger partial charge is 0.363 e. The molecule has 0 aliphatic carbocycles. The maximum atomic E-state index is 12.6. The highest BCUT2D eigenvalue weighted by Gasteiger charge is 2.25. The molecular weight excluding hydrogens is 394 g/mol. The van der Waals surface area contributed by atoms with E-state index in [1.807, 2.05) is 55.5 Å². The average molecular weight is 421 g/mol. The first kappa shape index (κ1) is 22.1. The molecule has 0 unspecified atom stereocenters. The third-order valence-electron chi connectivity index (χ3n) is 4.87. The summed E-state index contributed by atoms with van der Waals surface area (Å²) in [5.41, 5.74) is 2.00. The van der Waals surface area contributed by atoms with Gasteiger partial charge in [-0.05, 0) is 44.4 Å². The van der Waals surface area contributed by atoms with Crippen LogP contribution in [-0.4, -0.2) is 40.9 Å². The summed E-state index contributed by atoms with van der Waals surface area (Å²) in [6.07, 6.45) is 2.27. The molecule has 1 amide bonds. The first-order chi connectivity index (χ1) is 15.0. The zero-order valence-electron chi connectivity index (χ0n) is 17.9. The molecule has 0 spiro atoms. The van der Waals surface area contributed by atoms with Gasteiger partial charge >= 0.3 is 5.97 Å². The Kier molecular flexibility index (Phi) is 7.43. The van der Waals surface area contributed by atoms with Crippen LogP contribution >= 0.6 is 0 Å². The number of nitrogens with zero attached hydrogens (tertiary/aromatic N) is 2. The zero-order chi connectivity index (χ0) is 22.2. The maximum absolute atomic E-state index is 12.6. The van der Waals surface area contributed by atoms with Gasteiger partial charge in [-0.1, -0.05) is 48.5 Å². The Morgan fingerprint density at radius 1 is 1.03 bits per heavy atom. The fourth-order valence-electron chi connectivity index (χ4n) is 3.09. The lowest BCUT2D eigenvalue weighted by Gasteiger charge is -2.18. The first-order valence-electron chi connectivity index (χ1n) is 10.2. The monoisotopic (exact) mass is 421 g/mol. The van der Waals surface area contributed by atoms with Gasteiger partial charge in [0.15, 0.2) is 11.9 Å². The average Bonchev–Trinajstić information content (AvgIpc) is 3.23. The number of hydrogen-bond donors (Lipinski definition) is 1. The van der Waals surface area contributed by atoms with Crippen LogP contribution in [0.5, 0.6) is 5.75 Å². The lowest BCUT2D eigenvalue weighted by molar-refractivity contribution is -0.129. The van der Waals surface area contributed by atoms with Gasteiger partial charge in [-0.15, -0.1) is 0 Å². The predicted octanol–water partition coefficient (Wildman–Crippen LogP) is 3.56. The van der Waals surface area contributed by atoms with E-state index >= 15 is 0 Å². The fraction of sp³-hybridized carbons (Fsp3) is 0.292. The topological polar surface area (TPSA) is 82.5 Å². The van der Waals surface area contributed by atoms with E-state index in [0.29, 0.717) is 0 Å². The summed E-state index contributed by atoms with van der Waals surface area (Å²) >= 11 is 0. The number of aryl methyl sites for hydroxylation is 1. The van der Waals surface area contributed by atoms with Gasteiger partial charge in [-0.2, -0.15) is 5.10 Å². The summed E-state index contributed by atoms with van der Waals surface area (Å²) in [5.74, 6) is -0.792. The summed E-state index contributed by atoms with van der Waals surface area (Å²) in [5, 5.41) is 7.17. The van der Waals surface area contributed by atoms with Crippen molar-refractivity contribution in [2.24, 2.45) is 0 Å². The number of amides is 1. The van der Waals surface area contributed by atoms with Crippen molar-refractivity contribution in [3.8, 4) is 11.4 Å². The van der Waals surface area contributed by atoms with Crippen molar-refractivity contribution >= 4 is 11.9 Å². The Balaban J connectivity index is 1.57. The number of nitrogens with one attached hydrogen (secondary N) is 1. The van der Waals surface area contributed by atoms with E-state index in [2.05, 4.69) is 22.5 Å². The zero-order valence-corrected chi connectivity index (χ0v) is 17.9. The number of hydrogen-bond acceptors (Lipinski definition) is 5. The molecule has 7 heteroatoms. The summed E-state index contributed by atoms with van der Waals surface area (Å²) in [6, 6.07) is 19.4. The minimum absolute atomic E-state index is 0.0168. The second-order valence-corrected chi connectivity index (χ2v) is 7.31. The number of rotatable bonds is 9. The number of benzene rings is 2. The lowest BCUT2D eigenvalue weighted by Crippen LogP contribution is -2.41. The van der Waals surface area contributed by atoms with Crippen molar-refractivity contribution in [1.29, 1.82) is 0 Å². The molecule has 3 aromatic rings. The third kappa shape index (κ3) is 5.94. The Labute approximate surface area is 182 Å². The van der Waals surface area contributed by atoms with Gasteiger partial charge in [0, 0.05) is 6.04 Å². The molecule has 0 aliphatic heterocycles. The van der Waals surface area contributed by atoms with E-state index in [1.165, 1.54) is 24.3 Å². The molecule has 0 saturated heterocycles. The minimum atomic E-state index is -0.960. The Bertz CT molecular complexity index is 1000. The van der Waals surface area contributed by atoms with Crippen LogP contribution < -0.4 is 10.1 Å². The van der Waals surface area contributed by atoms with Crippen LogP contribution in [0.2, 0.25) is 0 Å². The van der Waals surface area contributed by atoms with Crippen LogP contribution in [-0.2, 0) is 16.0 Å². The Morgan fingerprint density at radius 2 is 1.68 bits per heavy atom. The molecule has 162 valence electrons. The van der Waals surface area contributed by atoms with Gasteiger partial charge < -0.3 is 14.8 Å². The highest BCUT2D eigenvalue weighted by Crippen LogP contribution is 2.20. The van der Waals surface area contributed by atoms with Crippen LogP contribution in [0.3, 0.4) is 0 Å². The highest BCUT2D eigenvalue weighted by atomic mass is 16.6. The van der Waals surface area contributed by atoms with E-state index in [9.17, 15) is 9.59 Å². The van der Waals surface area contributed by atoms with Crippen molar-refractivity contribution in [2.45, 2.75) is 38.8 Å². The largest absolute Gasteiger partial charge is 0.493 e. The van der Waals surface area contributed by atoms with E-state index in [1.54, 1.807) is 6.20 Å². The van der Waals surface area contributed by atoms with Crippen molar-refractivity contribution < 1.29 is 19.1 Å². The van der Waals surface area contributed by atoms with Gasteiger partial charge in [-0.3, -0.25) is 4.79 Å². The number of ether oxygens (including phenoxy) is 2. The molecule has 0 radical (unpaired) electrons. The SMILES string of the molecule is COc1cn(-c2ccccc2)nc1C(=O)O[C@H](C)C(=O)N[C@H](C)CCc1ccccc1. The third-order valence-corrected chi connectivity index (χ3v) is 4.87. The van der Waals surface area contributed by atoms with Crippen molar-refractivity contribution in [2.75, 3.05) is 7.11 Å². The molecule has 0 saturated carbocycles. The number of carbonyl (C=O) groups is 2. The number of carbonyl (C=O) groups excluding carboxylic acids is 2. The van der Waals surface area contributed by atoms with Crippen molar-refractivity contribution in [3.05, 3.63) is 78.1 Å². The van der Waals surface area contributed by atoms with Gasteiger partial charge in [0.2, 0.25) is 5.69 Å². The molecule has 1 heterocycles. The molecule has 3 rings (SSSR count). The normalized spacial score (nSPS) is 12.6. The summed E-state index contributed by atoms with van der Waals surface area (Å²) in [7, 11) is 1.45. The van der Waals surface area contributed by atoms with Crippen LogP contribution in [0.15, 0.2) is 66.9 Å². The van der Waals surface area contributed by atoms with Crippen molar-refractivity contribution in [1.82, 2.24) is 15.1 Å². The second-order valence-electron chi connectivity index (χ2n) is 7.31. The lowest BCUT2D eigenvalue weighted by atomic mass is 10.1. The van der Waals surface area contributed by atoms with Crippen LogP contribution in [0.25, 0.3) is 5.69 Å². The van der Waals surface area contributed by atoms with Gasteiger partial charge in [-0.25, -0.2) is 9.48 Å². The van der Waals surface area contributed by atoms with E-state index in [4.69, 9.17) is 9.47 Å². The quantitative estimate of drug-likeness (QED) is 0.534. The van der Waals surface area contributed by atoms with E-state index in [-0.39, 0.29) is 23.4 Å². The number of para-hydroxylation sites is 1. The summed E-state index contributed by atoms with van der Waals surface area (Å²) < 4.78 is 12.1. The predicted molar refractivity (Wildman–Crippen MR) is 117 cm³/mol. The summed E-state index contributed by atoms with van der Waals surface area (Å²) in [6.45, 7) is 3.47. The fourth-order valence-corrected chi connectivity index (χ4v) is 3.09. The molecule has 0 bridgehead atoms. The minimum Gasteiger partial charge on any atom is -0.493 e. The van der Waals surface area contributed by atoms with Gasteiger partial charge in [0.1, 0.15) is 0 Å². The van der Waals surface area contributed by atoms with E-state index in [0.717, 1.165) is 18.5 Å². The van der Waals surface area contributed by atoms with Crippen LogP contribution in [0, 0.1) is 0 Å². The number of aromatic nitrogens is 2. The molecule has 2 atom stereocenters. The molecule has 0 aliphatic rings. The first-order valence-corrected chi connectivity index (χ1v) is 10.2. The van der Waals surface area contributed by atoms with E-state index < -0.39 is 12.1 Å². The van der Waals surface area contributed by atoms with Gasteiger partial charge in [0.05, 0.1) is 19.0 Å². The van der Waals surface area contributed by atoms with Gasteiger partial charge in [0.25, 0.3) is 5.91 Å². The maximum Gasteiger partial charge on any atom is 0.363 e. The number of methoxy groups -OCH3 is 1. The molecule has 0 fully saturated rings. The molecular formula is C24H27N3O4.